The molecule has 2 rings (SSSR count). The lowest BCUT2D eigenvalue weighted by Gasteiger charge is -2.03. The second-order valence-corrected chi connectivity index (χ2v) is 5.18. The average molecular weight is 322 g/mol. The predicted molar refractivity (Wildman–Crippen MR) is 83.2 cm³/mol. The summed E-state index contributed by atoms with van der Waals surface area (Å²) in [7, 11) is 1.48. The summed E-state index contributed by atoms with van der Waals surface area (Å²) >= 11 is 0. The number of hydrogen-bond acceptors (Lipinski definition) is 3. The lowest BCUT2D eigenvalue weighted by molar-refractivity contribution is -0.137. The smallest absolute Gasteiger partial charge is 0.303 e. The third-order valence-electron chi connectivity index (χ3n) is 3.52. The van der Waals surface area contributed by atoms with Crippen molar-refractivity contribution in [1.29, 1.82) is 0 Å². The highest BCUT2D eigenvalue weighted by Gasteiger charge is 2.14. The zero-order chi connectivity index (χ0) is 16.8. The van der Waals surface area contributed by atoms with Crippen LogP contribution in [0, 0.1) is 5.82 Å². The van der Waals surface area contributed by atoms with Crippen molar-refractivity contribution in [3.8, 4) is 5.75 Å². The molecular weight excluding hydrogens is 303 g/mol. The zero-order valence-electron chi connectivity index (χ0n) is 12.8. The largest absolute Gasteiger partial charge is 0.496 e. The summed E-state index contributed by atoms with van der Waals surface area (Å²) in [4.78, 5) is 25.2. The monoisotopic (exact) mass is 322 g/mol. The van der Waals surface area contributed by atoms with Crippen molar-refractivity contribution in [3.05, 3.63) is 29.7 Å². The van der Waals surface area contributed by atoms with Gasteiger partial charge in [-0.2, -0.15) is 0 Å². The van der Waals surface area contributed by atoms with E-state index < -0.39 is 11.8 Å². The minimum atomic E-state index is -0.817. The molecule has 0 fully saturated rings. The molecule has 0 saturated heterocycles. The summed E-state index contributed by atoms with van der Waals surface area (Å²) in [6, 6.07) is 4.34. The number of rotatable bonds is 8. The van der Waals surface area contributed by atoms with E-state index in [0.717, 1.165) is 6.42 Å². The fourth-order valence-corrected chi connectivity index (χ4v) is 2.33. The summed E-state index contributed by atoms with van der Waals surface area (Å²) in [6.07, 6.45) is 2.13. The van der Waals surface area contributed by atoms with E-state index in [1.807, 2.05) is 0 Å². The number of carboxylic acid groups (broad SMARTS) is 1. The molecule has 1 heterocycles. The standard InChI is InChI=1S/C16H19FN2O4/c1-23-13-7-6-11(17)15-10(13)9-12(19-15)16(22)18-8-4-2-3-5-14(20)21/h6-7,9,19H,2-5,8H2,1H3,(H,18,22)(H,20,21). The van der Waals surface area contributed by atoms with Gasteiger partial charge in [-0.15, -0.1) is 0 Å². The average Bonchev–Trinajstić information content (AvgIpc) is 2.97. The van der Waals surface area contributed by atoms with Crippen LogP contribution in [0.3, 0.4) is 0 Å². The first kappa shape index (κ1) is 16.8. The van der Waals surface area contributed by atoms with Gasteiger partial charge in [-0.3, -0.25) is 9.59 Å². The van der Waals surface area contributed by atoms with Gasteiger partial charge < -0.3 is 20.1 Å². The van der Waals surface area contributed by atoms with Crippen LogP contribution in [0.1, 0.15) is 36.2 Å². The second kappa shape index (κ2) is 7.62. The fraction of sp³-hybridized carbons (Fsp3) is 0.375. The van der Waals surface area contributed by atoms with Gasteiger partial charge in [0.1, 0.15) is 17.3 Å². The number of aliphatic carboxylic acids is 1. The molecule has 0 spiro atoms. The number of ether oxygens (including phenoxy) is 1. The normalized spacial score (nSPS) is 10.7. The molecule has 0 saturated carbocycles. The molecule has 23 heavy (non-hydrogen) atoms. The van der Waals surface area contributed by atoms with Crippen LogP contribution in [0.4, 0.5) is 4.39 Å². The highest BCUT2D eigenvalue weighted by Crippen LogP contribution is 2.28. The molecule has 2 aromatic rings. The minimum absolute atomic E-state index is 0.134. The number of aromatic nitrogens is 1. The third kappa shape index (κ3) is 4.21. The number of hydrogen-bond donors (Lipinski definition) is 3. The lowest BCUT2D eigenvalue weighted by atomic mass is 10.2. The molecule has 1 aromatic carbocycles. The van der Waals surface area contributed by atoms with Crippen LogP contribution < -0.4 is 10.1 Å². The van der Waals surface area contributed by atoms with E-state index in [-0.39, 0.29) is 23.5 Å². The number of carbonyl (C=O) groups excluding carboxylic acids is 1. The molecule has 0 radical (unpaired) electrons. The van der Waals surface area contributed by atoms with Gasteiger partial charge in [0.2, 0.25) is 0 Å². The molecule has 7 heteroatoms. The van der Waals surface area contributed by atoms with Crippen molar-refractivity contribution in [2.24, 2.45) is 0 Å². The molecule has 0 aliphatic carbocycles. The van der Waals surface area contributed by atoms with Crippen LogP contribution in [0.25, 0.3) is 10.9 Å². The molecule has 1 aromatic heterocycles. The maximum Gasteiger partial charge on any atom is 0.303 e. The topological polar surface area (TPSA) is 91.4 Å². The SMILES string of the molecule is COc1ccc(F)c2[nH]c(C(=O)NCCCCCC(=O)O)cc12. The van der Waals surface area contributed by atoms with Crippen molar-refractivity contribution >= 4 is 22.8 Å². The first-order valence-corrected chi connectivity index (χ1v) is 7.38. The van der Waals surface area contributed by atoms with Crippen LogP contribution in [0.2, 0.25) is 0 Å². The molecule has 124 valence electrons. The quantitative estimate of drug-likeness (QED) is 0.652. The number of amides is 1. The Kier molecular flexibility index (Phi) is 5.56. The van der Waals surface area contributed by atoms with Gasteiger partial charge in [0.25, 0.3) is 5.91 Å². The van der Waals surface area contributed by atoms with E-state index in [2.05, 4.69) is 10.3 Å². The second-order valence-electron chi connectivity index (χ2n) is 5.18. The number of carbonyl (C=O) groups is 2. The van der Waals surface area contributed by atoms with E-state index in [9.17, 15) is 14.0 Å². The Hall–Kier alpha value is -2.57. The molecule has 6 nitrogen and oxygen atoms in total. The number of benzene rings is 1. The number of carboxylic acids is 1. The lowest BCUT2D eigenvalue weighted by Crippen LogP contribution is -2.24. The van der Waals surface area contributed by atoms with E-state index in [1.54, 1.807) is 6.07 Å². The van der Waals surface area contributed by atoms with Crippen molar-refractivity contribution < 1.29 is 23.8 Å². The molecule has 1 amide bonds. The maximum atomic E-state index is 13.8. The van der Waals surface area contributed by atoms with Crippen LogP contribution in [-0.4, -0.2) is 35.6 Å². The van der Waals surface area contributed by atoms with Crippen LogP contribution >= 0.6 is 0 Å². The highest BCUT2D eigenvalue weighted by molar-refractivity contribution is 5.99. The summed E-state index contributed by atoms with van der Waals surface area (Å²) in [5.41, 5.74) is 0.491. The summed E-state index contributed by atoms with van der Waals surface area (Å²) in [5, 5.41) is 11.8. The van der Waals surface area contributed by atoms with Gasteiger partial charge in [-0.05, 0) is 31.0 Å². The summed E-state index contributed by atoms with van der Waals surface area (Å²) in [6.45, 7) is 0.438. The number of halogens is 1. The van der Waals surface area contributed by atoms with Crippen LogP contribution in [0.15, 0.2) is 18.2 Å². The Morgan fingerprint density at radius 1 is 1.30 bits per heavy atom. The van der Waals surface area contributed by atoms with E-state index >= 15 is 0 Å². The summed E-state index contributed by atoms with van der Waals surface area (Å²) < 4.78 is 18.9. The van der Waals surface area contributed by atoms with Crippen LogP contribution in [-0.2, 0) is 4.79 Å². The van der Waals surface area contributed by atoms with Crippen molar-refractivity contribution in [1.82, 2.24) is 10.3 Å². The minimum Gasteiger partial charge on any atom is -0.496 e. The van der Waals surface area contributed by atoms with Crippen molar-refractivity contribution in [2.45, 2.75) is 25.7 Å². The Morgan fingerprint density at radius 2 is 2.09 bits per heavy atom. The van der Waals surface area contributed by atoms with Gasteiger partial charge in [0.05, 0.1) is 12.6 Å². The molecule has 0 unspecified atom stereocenters. The van der Waals surface area contributed by atoms with E-state index in [1.165, 1.54) is 19.2 Å². The number of unbranched alkanes of at least 4 members (excludes halogenated alkanes) is 2. The maximum absolute atomic E-state index is 13.8. The predicted octanol–water partition coefficient (Wildman–Crippen LogP) is 2.69. The van der Waals surface area contributed by atoms with Gasteiger partial charge >= 0.3 is 5.97 Å². The number of aromatic amines is 1. The van der Waals surface area contributed by atoms with Crippen LogP contribution in [0.5, 0.6) is 5.75 Å². The van der Waals surface area contributed by atoms with Gasteiger partial charge in [0.15, 0.2) is 0 Å². The molecule has 0 bridgehead atoms. The Bertz CT molecular complexity index is 711. The first-order valence-electron chi connectivity index (χ1n) is 7.38. The Labute approximate surface area is 132 Å². The number of nitrogens with one attached hydrogen (secondary N) is 2. The molecule has 0 aliphatic rings. The number of methoxy groups -OCH3 is 1. The zero-order valence-corrected chi connectivity index (χ0v) is 12.8. The molecular formula is C16H19FN2O4. The van der Waals surface area contributed by atoms with Gasteiger partial charge in [-0.1, -0.05) is 6.42 Å². The number of H-pyrrole nitrogens is 1. The van der Waals surface area contributed by atoms with Gasteiger partial charge in [0, 0.05) is 18.4 Å². The molecule has 0 atom stereocenters. The summed E-state index contributed by atoms with van der Waals surface area (Å²) in [5.74, 6) is -1.11. The van der Waals surface area contributed by atoms with E-state index in [4.69, 9.17) is 9.84 Å². The van der Waals surface area contributed by atoms with Crippen molar-refractivity contribution in [2.75, 3.05) is 13.7 Å². The Balaban J connectivity index is 1.94. The third-order valence-corrected chi connectivity index (χ3v) is 3.52. The number of fused-ring (bicyclic) bond motifs is 1. The van der Waals surface area contributed by atoms with Crippen molar-refractivity contribution in [3.63, 3.8) is 0 Å². The molecule has 0 aliphatic heterocycles. The molecule has 3 N–H and O–H groups in total. The van der Waals surface area contributed by atoms with Gasteiger partial charge in [-0.25, -0.2) is 4.39 Å². The highest BCUT2D eigenvalue weighted by atomic mass is 19.1. The first-order chi connectivity index (χ1) is 11.0. The Morgan fingerprint density at radius 3 is 2.78 bits per heavy atom. The fourth-order valence-electron chi connectivity index (χ4n) is 2.33. The van der Waals surface area contributed by atoms with E-state index in [0.29, 0.717) is 30.5 Å².